The molecule has 0 bridgehead atoms. The van der Waals surface area contributed by atoms with Gasteiger partial charge in [-0.1, -0.05) is 20.8 Å². The Balaban J connectivity index is 2.38. The molecule has 4 heteroatoms. The highest BCUT2D eigenvalue weighted by Crippen LogP contribution is 2.19. The lowest BCUT2D eigenvalue weighted by Gasteiger charge is -2.31. The minimum atomic E-state index is -0.0475. The molecule has 0 spiro atoms. The predicted molar refractivity (Wildman–Crippen MR) is 68.7 cm³/mol. The number of hydrogen-bond donors (Lipinski definition) is 3. The van der Waals surface area contributed by atoms with Crippen LogP contribution in [0.2, 0.25) is 0 Å². The third-order valence-electron chi connectivity index (χ3n) is 3.58. The number of piperidine rings is 1. The highest BCUT2D eigenvalue weighted by atomic mass is 16.3. The van der Waals surface area contributed by atoms with Crippen LogP contribution in [0.3, 0.4) is 0 Å². The molecular weight excluding hydrogens is 216 g/mol. The number of rotatable bonds is 5. The van der Waals surface area contributed by atoms with Crippen LogP contribution < -0.4 is 10.6 Å². The highest BCUT2D eigenvalue weighted by Gasteiger charge is 2.28. The van der Waals surface area contributed by atoms with E-state index < -0.39 is 0 Å². The Hall–Kier alpha value is -0.610. The third kappa shape index (κ3) is 4.64. The molecule has 100 valence electrons. The van der Waals surface area contributed by atoms with Crippen LogP contribution in [0.5, 0.6) is 0 Å². The number of aliphatic hydroxyl groups is 1. The zero-order valence-electron chi connectivity index (χ0n) is 11.3. The molecule has 17 heavy (non-hydrogen) atoms. The SMILES string of the molecule is CC1CCCNC1C(=O)NCC(C)(C)CCO. The topological polar surface area (TPSA) is 61.4 Å². The van der Waals surface area contributed by atoms with Gasteiger partial charge in [0.05, 0.1) is 6.04 Å². The lowest BCUT2D eigenvalue weighted by Crippen LogP contribution is -2.52. The Morgan fingerprint density at radius 1 is 1.53 bits per heavy atom. The smallest absolute Gasteiger partial charge is 0.237 e. The van der Waals surface area contributed by atoms with E-state index in [0.717, 1.165) is 19.4 Å². The molecular formula is C13H26N2O2. The van der Waals surface area contributed by atoms with Gasteiger partial charge in [-0.15, -0.1) is 0 Å². The molecule has 0 aromatic carbocycles. The monoisotopic (exact) mass is 242 g/mol. The first kappa shape index (κ1) is 14.5. The molecule has 1 heterocycles. The Kier molecular flexibility index (Phi) is 5.40. The fraction of sp³-hybridized carbons (Fsp3) is 0.923. The van der Waals surface area contributed by atoms with Crippen LogP contribution in [0.1, 0.15) is 40.0 Å². The van der Waals surface area contributed by atoms with Crippen LogP contribution >= 0.6 is 0 Å². The first-order valence-electron chi connectivity index (χ1n) is 6.58. The van der Waals surface area contributed by atoms with E-state index in [9.17, 15) is 4.79 Å². The van der Waals surface area contributed by atoms with Gasteiger partial charge in [-0.05, 0) is 37.1 Å². The zero-order valence-corrected chi connectivity index (χ0v) is 11.3. The largest absolute Gasteiger partial charge is 0.396 e. The molecule has 1 amide bonds. The van der Waals surface area contributed by atoms with Crippen molar-refractivity contribution in [2.45, 2.75) is 46.1 Å². The lowest BCUT2D eigenvalue weighted by atomic mass is 9.88. The number of aliphatic hydroxyl groups excluding tert-OH is 1. The van der Waals surface area contributed by atoms with Gasteiger partial charge < -0.3 is 15.7 Å². The summed E-state index contributed by atoms with van der Waals surface area (Å²) in [5.41, 5.74) is -0.0394. The van der Waals surface area contributed by atoms with Crippen molar-refractivity contribution in [2.24, 2.45) is 11.3 Å². The number of carbonyl (C=O) groups is 1. The van der Waals surface area contributed by atoms with Crippen molar-refractivity contribution >= 4 is 5.91 Å². The van der Waals surface area contributed by atoms with Gasteiger partial charge in [0, 0.05) is 13.2 Å². The van der Waals surface area contributed by atoms with Gasteiger partial charge in [-0.3, -0.25) is 4.79 Å². The summed E-state index contributed by atoms with van der Waals surface area (Å²) in [5.74, 6) is 0.507. The second kappa shape index (κ2) is 6.36. The van der Waals surface area contributed by atoms with Crippen LogP contribution in [-0.4, -0.2) is 36.8 Å². The van der Waals surface area contributed by atoms with Crippen molar-refractivity contribution in [1.82, 2.24) is 10.6 Å². The number of carbonyl (C=O) groups excluding carboxylic acids is 1. The molecule has 4 nitrogen and oxygen atoms in total. The summed E-state index contributed by atoms with van der Waals surface area (Å²) in [6.45, 7) is 7.96. The van der Waals surface area contributed by atoms with Crippen LogP contribution in [0.25, 0.3) is 0 Å². The van der Waals surface area contributed by atoms with E-state index in [4.69, 9.17) is 5.11 Å². The molecule has 0 aliphatic carbocycles. The van der Waals surface area contributed by atoms with E-state index in [2.05, 4.69) is 31.4 Å². The Morgan fingerprint density at radius 3 is 2.82 bits per heavy atom. The first-order valence-corrected chi connectivity index (χ1v) is 6.58. The third-order valence-corrected chi connectivity index (χ3v) is 3.58. The zero-order chi connectivity index (χ0) is 12.9. The summed E-state index contributed by atoms with van der Waals surface area (Å²) >= 11 is 0. The summed E-state index contributed by atoms with van der Waals surface area (Å²) in [4.78, 5) is 12.0. The second-order valence-electron chi connectivity index (χ2n) is 5.91. The molecule has 0 aromatic heterocycles. The van der Waals surface area contributed by atoms with Gasteiger partial charge in [-0.2, -0.15) is 0 Å². The summed E-state index contributed by atoms with van der Waals surface area (Å²) in [7, 11) is 0. The quantitative estimate of drug-likeness (QED) is 0.671. The molecule has 2 atom stereocenters. The molecule has 0 aromatic rings. The Morgan fingerprint density at radius 2 is 2.24 bits per heavy atom. The molecule has 0 saturated carbocycles. The average Bonchev–Trinajstić information content (AvgIpc) is 2.27. The van der Waals surface area contributed by atoms with Crippen molar-refractivity contribution in [1.29, 1.82) is 0 Å². The molecule has 0 radical (unpaired) electrons. The van der Waals surface area contributed by atoms with E-state index in [1.807, 2.05) is 0 Å². The molecule has 1 fully saturated rings. The van der Waals surface area contributed by atoms with Crippen LogP contribution in [0, 0.1) is 11.3 Å². The van der Waals surface area contributed by atoms with E-state index in [0.29, 0.717) is 18.9 Å². The number of amides is 1. The van der Waals surface area contributed by atoms with Crippen LogP contribution in [0.15, 0.2) is 0 Å². The normalized spacial score (nSPS) is 25.6. The van der Waals surface area contributed by atoms with E-state index in [-0.39, 0.29) is 24.0 Å². The van der Waals surface area contributed by atoms with Gasteiger partial charge >= 0.3 is 0 Å². The predicted octanol–water partition coefficient (Wildman–Crippen LogP) is 0.899. The van der Waals surface area contributed by atoms with Crippen LogP contribution in [0.4, 0.5) is 0 Å². The standard InChI is InChI=1S/C13H26N2O2/c1-10-5-4-7-14-11(10)12(17)15-9-13(2,3)6-8-16/h10-11,14,16H,4-9H2,1-3H3,(H,15,17). The molecule has 2 unspecified atom stereocenters. The van der Waals surface area contributed by atoms with Gasteiger partial charge in [0.2, 0.25) is 5.91 Å². The fourth-order valence-corrected chi connectivity index (χ4v) is 2.23. The second-order valence-corrected chi connectivity index (χ2v) is 5.91. The van der Waals surface area contributed by atoms with E-state index >= 15 is 0 Å². The summed E-state index contributed by atoms with van der Waals surface area (Å²) in [6.07, 6.45) is 2.98. The van der Waals surface area contributed by atoms with Crippen LogP contribution in [-0.2, 0) is 4.79 Å². The van der Waals surface area contributed by atoms with Crippen molar-refractivity contribution in [2.75, 3.05) is 19.7 Å². The van der Waals surface area contributed by atoms with Gasteiger partial charge in [-0.25, -0.2) is 0 Å². The maximum absolute atomic E-state index is 12.0. The van der Waals surface area contributed by atoms with E-state index in [1.165, 1.54) is 0 Å². The summed E-state index contributed by atoms with van der Waals surface area (Å²) in [6, 6.07) is -0.0475. The maximum atomic E-state index is 12.0. The fourth-order valence-electron chi connectivity index (χ4n) is 2.23. The average molecular weight is 242 g/mol. The molecule has 1 saturated heterocycles. The summed E-state index contributed by atoms with van der Waals surface area (Å²) < 4.78 is 0. The van der Waals surface area contributed by atoms with Crippen molar-refractivity contribution < 1.29 is 9.90 Å². The lowest BCUT2D eigenvalue weighted by molar-refractivity contribution is -0.125. The van der Waals surface area contributed by atoms with Crippen molar-refractivity contribution in [3.05, 3.63) is 0 Å². The van der Waals surface area contributed by atoms with Crippen molar-refractivity contribution in [3.8, 4) is 0 Å². The number of nitrogens with one attached hydrogen (secondary N) is 2. The minimum Gasteiger partial charge on any atom is -0.396 e. The van der Waals surface area contributed by atoms with E-state index in [1.54, 1.807) is 0 Å². The van der Waals surface area contributed by atoms with Gasteiger partial charge in [0.25, 0.3) is 0 Å². The maximum Gasteiger partial charge on any atom is 0.237 e. The first-order chi connectivity index (χ1) is 7.96. The van der Waals surface area contributed by atoms with Gasteiger partial charge in [0.15, 0.2) is 0 Å². The molecule has 1 rings (SSSR count). The van der Waals surface area contributed by atoms with Gasteiger partial charge in [0.1, 0.15) is 0 Å². The molecule has 1 aliphatic rings. The number of hydrogen-bond acceptors (Lipinski definition) is 3. The minimum absolute atomic E-state index is 0.0394. The Labute approximate surface area is 104 Å². The Bertz CT molecular complexity index is 254. The molecule has 1 aliphatic heterocycles. The summed E-state index contributed by atoms with van der Waals surface area (Å²) in [5, 5.41) is 15.2. The molecule has 3 N–H and O–H groups in total. The highest BCUT2D eigenvalue weighted by molar-refractivity contribution is 5.82. The van der Waals surface area contributed by atoms with Crippen molar-refractivity contribution in [3.63, 3.8) is 0 Å².